The number of nitrogens with two attached hydrogens (primary N) is 1. The summed E-state index contributed by atoms with van der Waals surface area (Å²) in [4.78, 5) is 13.9. The summed E-state index contributed by atoms with van der Waals surface area (Å²) in [5.74, 6) is 0.0309. The number of nitrogens with zero attached hydrogens (tertiary/aromatic N) is 1. The number of ether oxygens (including phenoxy) is 2. The summed E-state index contributed by atoms with van der Waals surface area (Å²) in [5.41, 5.74) is 5.51. The maximum absolute atomic E-state index is 12.3. The minimum absolute atomic E-state index is 0.0305. The second-order valence-electron chi connectivity index (χ2n) is 4.93. The van der Waals surface area contributed by atoms with E-state index < -0.39 is 9.84 Å². The van der Waals surface area contributed by atoms with E-state index in [0.29, 0.717) is 19.6 Å². The van der Waals surface area contributed by atoms with Crippen molar-refractivity contribution in [1.82, 2.24) is 4.90 Å². The number of rotatable bonds is 8. The quantitative estimate of drug-likeness (QED) is 0.618. The van der Waals surface area contributed by atoms with E-state index in [9.17, 15) is 13.2 Å². The summed E-state index contributed by atoms with van der Waals surface area (Å²) in [7, 11) is 0.0225. The third-order valence-corrected chi connectivity index (χ3v) is 5.25. The molecule has 2 atom stereocenters. The molecule has 1 rings (SSSR count). The third-order valence-electron chi connectivity index (χ3n) is 3.50. The van der Waals surface area contributed by atoms with Gasteiger partial charge in [-0.15, -0.1) is 0 Å². The van der Waals surface area contributed by atoms with Gasteiger partial charge in [0.15, 0.2) is 9.84 Å². The first kappa shape index (κ1) is 17.4. The highest BCUT2D eigenvalue weighted by Crippen LogP contribution is 2.19. The summed E-state index contributed by atoms with van der Waals surface area (Å²) in [6.07, 6.45) is 0.302. The predicted molar refractivity (Wildman–Crippen MR) is 75.1 cm³/mol. The number of hydrogen-bond acceptors (Lipinski definition) is 6. The number of sulfone groups is 1. The zero-order chi connectivity index (χ0) is 15.2. The Balaban J connectivity index is 2.70. The van der Waals surface area contributed by atoms with Gasteiger partial charge in [0.05, 0.1) is 30.6 Å². The molecular weight excluding hydrogens is 284 g/mol. The third kappa shape index (κ3) is 5.01. The highest BCUT2D eigenvalue weighted by atomic mass is 32.2. The fourth-order valence-electron chi connectivity index (χ4n) is 2.30. The van der Waals surface area contributed by atoms with E-state index in [1.807, 2.05) is 0 Å². The Kier molecular flexibility index (Phi) is 6.87. The maximum atomic E-state index is 12.3. The van der Waals surface area contributed by atoms with E-state index >= 15 is 0 Å². The first-order chi connectivity index (χ1) is 9.43. The highest BCUT2D eigenvalue weighted by molar-refractivity contribution is 7.91. The zero-order valence-corrected chi connectivity index (χ0v) is 12.9. The van der Waals surface area contributed by atoms with Crippen molar-refractivity contribution in [3.05, 3.63) is 0 Å². The normalized spacial score (nSPS) is 22.6. The Labute approximate surface area is 120 Å². The van der Waals surface area contributed by atoms with Crippen molar-refractivity contribution in [2.75, 3.05) is 45.4 Å². The molecule has 20 heavy (non-hydrogen) atoms. The minimum atomic E-state index is -3.03. The van der Waals surface area contributed by atoms with E-state index in [1.54, 1.807) is 12.0 Å². The number of methoxy groups -OCH3 is 2. The molecule has 2 unspecified atom stereocenters. The zero-order valence-electron chi connectivity index (χ0n) is 12.1. The minimum Gasteiger partial charge on any atom is -0.383 e. The smallest absolute Gasteiger partial charge is 0.225 e. The molecule has 7 nitrogen and oxygen atoms in total. The van der Waals surface area contributed by atoms with Crippen molar-refractivity contribution in [2.45, 2.75) is 25.0 Å². The number of carbonyl (C=O) groups excluding carboxylic acids is 1. The molecule has 1 aliphatic rings. The molecule has 2 N–H and O–H groups in total. The van der Waals surface area contributed by atoms with Crippen LogP contribution in [0, 0.1) is 0 Å². The molecule has 0 bridgehead atoms. The Hall–Kier alpha value is -0.700. The molecule has 1 fully saturated rings. The van der Waals surface area contributed by atoms with Gasteiger partial charge in [-0.2, -0.15) is 0 Å². The van der Waals surface area contributed by atoms with Crippen molar-refractivity contribution in [3.8, 4) is 0 Å². The van der Waals surface area contributed by atoms with Gasteiger partial charge in [-0.3, -0.25) is 4.79 Å². The van der Waals surface area contributed by atoms with Crippen LogP contribution in [0.4, 0.5) is 0 Å². The van der Waals surface area contributed by atoms with Crippen LogP contribution in [0.1, 0.15) is 12.8 Å². The molecule has 0 aromatic carbocycles. The fraction of sp³-hybridized carbons (Fsp3) is 0.917. The maximum Gasteiger partial charge on any atom is 0.225 e. The predicted octanol–water partition coefficient (Wildman–Crippen LogP) is -0.988. The Morgan fingerprint density at radius 2 is 2.15 bits per heavy atom. The van der Waals surface area contributed by atoms with E-state index in [4.69, 9.17) is 15.2 Å². The van der Waals surface area contributed by atoms with E-state index in [2.05, 4.69) is 0 Å². The lowest BCUT2D eigenvalue weighted by molar-refractivity contribution is -0.136. The average Bonchev–Trinajstić information content (AvgIpc) is 2.76. The lowest BCUT2D eigenvalue weighted by atomic mass is 10.1. The topological polar surface area (TPSA) is 98.9 Å². The summed E-state index contributed by atoms with van der Waals surface area (Å²) in [6.45, 7) is 1.02. The summed E-state index contributed by atoms with van der Waals surface area (Å²) < 4.78 is 33.2. The number of carbonyl (C=O) groups is 1. The van der Waals surface area contributed by atoms with Gasteiger partial charge in [-0.05, 0) is 6.42 Å². The molecule has 0 aliphatic carbocycles. The highest BCUT2D eigenvalue weighted by Gasteiger charge is 2.34. The van der Waals surface area contributed by atoms with Crippen molar-refractivity contribution in [2.24, 2.45) is 5.73 Å². The van der Waals surface area contributed by atoms with Gasteiger partial charge in [0, 0.05) is 33.4 Å². The van der Waals surface area contributed by atoms with Gasteiger partial charge < -0.3 is 20.1 Å². The van der Waals surface area contributed by atoms with Crippen LogP contribution in [-0.4, -0.2) is 76.8 Å². The molecule has 0 radical (unpaired) electrons. The van der Waals surface area contributed by atoms with Crippen molar-refractivity contribution < 1.29 is 22.7 Å². The molecule has 8 heteroatoms. The molecule has 0 aromatic rings. The van der Waals surface area contributed by atoms with Crippen molar-refractivity contribution >= 4 is 15.7 Å². The van der Waals surface area contributed by atoms with Crippen LogP contribution in [0.5, 0.6) is 0 Å². The first-order valence-electron chi connectivity index (χ1n) is 6.65. The average molecular weight is 308 g/mol. The van der Waals surface area contributed by atoms with Crippen LogP contribution < -0.4 is 5.73 Å². The van der Waals surface area contributed by atoms with E-state index in [-0.39, 0.29) is 42.5 Å². The molecule has 0 spiro atoms. The number of hydrogen-bond donors (Lipinski definition) is 1. The SMILES string of the molecule is COCCN(C(=O)CC(CN)OC)C1CCS(=O)(=O)C1. The summed E-state index contributed by atoms with van der Waals surface area (Å²) >= 11 is 0. The Bertz CT molecular complexity index is 408. The summed E-state index contributed by atoms with van der Waals surface area (Å²) in [5, 5.41) is 0. The summed E-state index contributed by atoms with van der Waals surface area (Å²) in [6, 6.07) is -0.266. The molecule has 0 saturated carbocycles. The molecule has 1 saturated heterocycles. The fourth-order valence-corrected chi connectivity index (χ4v) is 4.03. The second kappa shape index (κ2) is 7.92. The molecule has 118 valence electrons. The van der Waals surface area contributed by atoms with Crippen LogP contribution in [0.3, 0.4) is 0 Å². The monoisotopic (exact) mass is 308 g/mol. The van der Waals surface area contributed by atoms with E-state index in [1.165, 1.54) is 7.11 Å². The standard InChI is InChI=1S/C12H24N2O5S/c1-18-5-4-14(10-3-6-20(16,17)9-10)12(15)7-11(8-13)19-2/h10-11H,3-9,13H2,1-2H3. The first-order valence-corrected chi connectivity index (χ1v) is 8.47. The van der Waals surface area contributed by atoms with Crippen LogP contribution in [0.2, 0.25) is 0 Å². The van der Waals surface area contributed by atoms with Gasteiger partial charge >= 0.3 is 0 Å². The lowest BCUT2D eigenvalue weighted by Gasteiger charge is -2.29. The van der Waals surface area contributed by atoms with Crippen LogP contribution in [-0.2, 0) is 24.1 Å². The van der Waals surface area contributed by atoms with Crippen LogP contribution >= 0.6 is 0 Å². The van der Waals surface area contributed by atoms with Crippen molar-refractivity contribution in [1.29, 1.82) is 0 Å². The van der Waals surface area contributed by atoms with Crippen molar-refractivity contribution in [3.63, 3.8) is 0 Å². The molecule has 1 amide bonds. The van der Waals surface area contributed by atoms with Gasteiger partial charge in [0.1, 0.15) is 0 Å². The largest absolute Gasteiger partial charge is 0.383 e. The van der Waals surface area contributed by atoms with Crippen LogP contribution in [0.15, 0.2) is 0 Å². The second-order valence-corrected chi connectivity index (χ2v) is 7.16. The van der Waals surface area contributed by atoms with Gasteiger partial charge in [0.25, 0.3) is 0 Å². The van der Waals surface area contributed by atoms with Gasteiger partial charge in [0.2, 0.25) is 5.91 Å². The molecule has 0 aromatic heterocycles. The van der Waals surface area contributed by atoms with Gasteiger partial charge in [-0.1, -0.05) is 0 Å². The van der Waals surface area contributed by atoms with Gasteiger partial charge in [-0.25, -0.2) is 8.42 Å². The lowest BCUT2D eigenvalue weighted by Crippen LogP contribution is -2.45. The Morgan fingerprint density at radius 1 is 1.45 bits per heavy atom. The number of amides is 1. The van der Waals surface area contributed by atoms with Crippen LogP contribution in [0.25, 0.3) is 0 Å². The van der Waals surface area contributed by atoms with E-state index in [0.717, 1.165) is 0 Å². The Morgan fingerprint density at radius 3 is 2.60 bits per heavy atom. The molecular formula is C12H24N2O5S. The molecule has 1 aliphatic heterocycles. The molecule has 1 heterocycles.